The molecule has 0 fully saturated rings. The van der Waals surface area contributed by atoms with Crippen molar-refractivity contribution in [2.24, 2.45) is 5.73 Å². The standard InChI is InChI=1S/C11H16ClNO.ClH/c1-3-9(13)6-8-4-5-11(14-2)10(12)7-8;/h4-5,7,9H,3,6,13H2,1-2H3;1H. The minimum Gasteiger partial charge on any atom is -0.495 e. The van der Waals surface area contributed by atoms with Crippen LogP contribution >= 0.6 is 24.0 Å². The zero-order chi connectivity index (χ0) is 10.6. The predicted octanol–water partition coefficient (Wildman–Crippen LogP) is 3.05. The molecule has 4 heteroatoms. The molecular weight excluding hydrogens is 233 g/mol. The van der Waals surface area contributed by atoms with Gasteiger partial charge in [0, 0.05) is 6.04 Å². The predicted molar refractivity (Wildman–Crippen MR) is 67.2 cm³/mol. The Bertz CT molecular complexity index is 305. The van der Waals surface area contributed by atoms with Crippen LogP contribution in [0.2, 0.25) is 5.02 Å². The Labute approximate surface area is 102 Å². The van der Waals surface area contributed by atoms with E-state index in [1.165, 1.54) is 0 Å². The molecule has 15 heavy (non-hydrogen) atoms. The summed E-state index contributed by atoms with van der Waals surface area (Å²) in [5.41, 5.74) is 7.01. The van der Waals surface area contributed by atoms with Crippen molar-refractivity contribution < 1.29 is 4.74 Å². The van der Waals surface area contributed by atoms with Gasteiger partial charge in [-0.15, -0.1) is 12.4 Å². The van der Waals surface area contributed by atoms with Crippen LogP contribution in [0.5, 0.6) is 5.75 Å². The van der Waals surface area contributed by atoms with Crippen molar-refractivity contribution in [1.29, 1.82) is 0 Å². The average Bonchev–Trinajstić information content (AvgIpc) is 2.18. The van der Waals surface area contributed by atoms with Gasteiger partial charge in [0.05, 0.1) is 12.1 Å². The molecule has 2 nitrogen and oxygen atoms in total. The third-order valence-electron chi connectivity index (χ3n) is 2.24. The first-order valence-electron chi connectivity index (χ1n) is 4.75. The Balaban J connectivity index is 0.00000196. The molecule has 0 aliphatic carbocycles. The Hall–Kier alpha value is -0.440. The first-order valence-corrected chi connectivity index (χ1v) is 5.13. The van der Waals surface area contributed by atoms with Crippen molar-refractivity contribution in [1.82, 2.24) is 0 Å². The smallest absolute Gasteiger partial charge is 0.137 e. The Morgan fingerprint density at radius 3 is 2.60 bits per heavy atom. The topological polar surface area (TPSA) is 35.2 Å². The van der Waals surface area contributed by atoms with E-state index in [1.807, 2.05) is 18.2 Å². The Morgan fingerprint density at radius 2 is 2.13 bits per heavy atom. The number of rotatable bonds is 4. The normalized spacial score (nSPS) is 11.7. The zero-order valence-corrected chi connectivity index (χ0v) is 10.6. The van der Waals surface area contributed by atoms with E-state index in [0.717, 1.165) is 18.4 Å². The highest BCUT2D eigenvalue weighted by atomic mass is 35.5. The molecule has 0 saturated carbocycles. The molecule has 0 radical (unpaired) electrons. The lowest BCUT2D eigenvalue weighted by atomic mass is 10.0. The van der Waals surface area contributed by atoms with Gasteiger partial charge in [-0.05, 0) is 30.5 Å². The number of benzene rings is 1. The van der Waals surface area contributed by atoms with Crippen LogP contribution in [0.4, 0.5) is 0 Å². The van der Waals surface area contributed by atoms with Gasteiger partial charge in [-0.3, -0.25) is 0 Å². The summed E-state index contributed by atoms with van der Waals surface area (Å²) < 4.78 is 5.07. The number of halogens is 2. The van der Waals surface area contributed by atoms with Crippen LogP contribution < -0.4 is 10.5 Å². The quantitative estimate of drug-likeness (QED) is 0.891. The summed E-state index contributed by atoms with van der Waals surface area (Å²) in [6.07, 6.45) is 1.84. The molecule has 1 atom stereocenters. The van der Waals surface area contributed by atoms with E-state index in [4.69, 9.17) is 22.1 Å². The third-order valence-corrected chi connectivity index (χ3v) is 2.53. The number of ether oxygens (including phenoxy) is 1. The second-order valence-electron chi connectivity index (χ2n) is 3.34. The van der Waals surface area contributed by atoms with Crippen molar-refractivity contribution in [3.8, 4) is 5.75 Å². The van der Waals surface area contributed by atoms with Gasteiger partial charge < -0.3 is 10.5 Å². The molecule has 86 valence electrons. The maximum absolute atomic E-state index is 5.99. The van der Waals surface area contributed by atoms with E-state index in [9.17, 15) is 0 Å². The van der Waals surface area contributed by atoms with Crippen LogP contribution in [0.15, 0.2) is 18.2 Å². The SMILES string of the molecule is CCC(N)Cc1ccc(OC)c(Cl)c1.Cl. The second kappa shape index (κ2) is 6.94. The zero-order valence-electron chi connectivity index (χ0n) is 9.00. The highest BCUT2D eigenvalue weighted by molar-refractivity contribution is 6.32. The van der Waals surface area contributed by atoms with Crippen LogP contribution in [0, 0.1) is 0 Å². The first kappa shape index (κ1) is 14.6. The van der Waals surface area contributed by atoms with E-state index < -0.39 is 0 Å². The van der Waals surface area contributed by atoms with Crippen molar-refractivity contribution >= 4 is 24.0 Å². The molecule has 0 bridgehead atoms. The molecule has 0 spiro atoms. The largest absolute Gasteiger partial charge is 0.495 e. The summed E-state index contributed by atoms with van der Waals surface area (Å²) in [4.78, 5) is 0. The van der Waals surface area contributed by atoms with Crippen molar-refractivity contribution in [3.63, 3.8) is 0 Å². The fraction of sp³-hybridized carbons (Fsp3) is 0.455. The van der Waals surface area contributed by atoms with Gasteiger partial charge in [0.25, 0.3) is 0 Å². The van der Waals surface area contributed by atoms with Gasteiger partial charge in [0.2, 0.25) is 0 Å². The number of methoxy groups -OCH3 is 1. The maximum Gasteiger partial charge on any atom is 0.137 e. The fourth-order valence-corrected chi connectivity index (χ4v) is 1.56. The average molecular weight is 250 g/mol. The molecule has 1 unspecified atom stereocenters. The molecule has 2 N–H and O–H groups in total. The summed E-state index contributed by atoms with van der Waals surface area (Å²) in [5, 5.41) is 0.647. The van der Waals surface area contributed by atoms with Crippen LogP contribution in [0.1, 0.15) is 18.9 Å². The van der Waals surface area contributed by atoms with Gasteiger partial charge in [-0.2, -0.15) is 0 Å². The summed E-state index contributed by atoms with van der Waals surface area (Å²) in [6, 6.07) is 6.00. The summed E-state index contributed by atoms with van der Waals surface area (Å²) in [7, 11) is 1.61. The second-order valence-corrected chi connectivity index (χ2v) is 3.75. The molecule has 0 aliphatic heterocycles. The third kappa shape index (κ3) is 4.29. The molecule has 1 rings (SSSR count). The molecule has 0 saturated heterocycles. The van der Waals surface area contributed by atoms with Crippen molar-refractivity contribution in [3.05, 3.63) is 28.8 Å². The van der Waals surface area contributed by atoms with Gasteiger partial charge in [-0.25, -0.2) is 0 Å². The van der Waals surface area contributed by atoms with Crippen molar-refractivity contribution in [2.45, 2.75) is 25.8 Å². The lowest BCUT2D eigenvalue weighted by Crippen LogP contribution is -2.21. The number of hydrogen-bond acceptors (Lipinski definition) is 2. The number of hydrogen-bond donors (Lipinski definition) is 1. The minimum atomic E-state index is 0. The molecule has 1 aromatic rings. The molecule has 0 heterocycles. The highest BCUT2D eigenvalue weighted by Gasteiger charge is 2.04. The lowest BCUT2D eigenvalue weighted by Gasteiger charge is -2.10. The van der Waals surface area contributed by atoms with Gasteiger partial charge in [0.1, 0.15) is 5.75 Å². The van der Waals surface area contributed by atoms with Crippen LogP contribution in [0.3, 0.4) is 0 Å². The van der Waals surface area contributed by atoms with Crippen LogP contribution in [0.25, 0.3) is 0 Å². The van der Waals surface area contributed by atoms with Crippen LogP contribution in [-0.2, 0) is 6.42 Å². The molecular formula is C11H17Cl2NO. The van der Waals surface area contributed by atoms with E-state index in [0.29, 0.717) is 10.8 Å². The molecule has 0 amide bonds. The molecule has 0 aliphatic rings. The summed E-state index contributed by atoms with van der Waals surface area (Å²) in [5.74, 6) is 0.709. The summed E-state index contributed by atoms with van der Waals surface area (Å²) in [6.45, 7) is 2.08. The monoisotopic (exact) mass is 249 g/mol. The lowest BCUT2D eigenvalue weighted by molar-refractivity contribution is 0.415. The fourth-order valence-electron chi connectivity index (χ4n) is 1.28. The van der Waals surface area contributed by atoms with Gasteiger partial charge in [-0.1, -0.05) is 24.6 Å². The van der Waals surface area contributed by atoms with Gasteiger partial charge >= 0.3 is 0 Å². The van der Waals surface area contributed by atoms with E-state index in [-0.39, 0.29) is 18.4 Å². The number of nitrogens with two attached hydrogens (primary N) is 1. The van der Waals surface area contributed by atoms with Gasteiger partial charge in [0.15, 0.2) is 0 Å². The highest BCUT2D eigenvalue weighted by Crippen LogP contribution is 2.25. The van der Waals surface area contributed by atoms with Crippen LogP contribution in [-0.4, -0.2) is 13.2 Å². The minimum absolute atomic E-state index is 0. The molecule has 0 aromatic heterocycles. The van der Waals surface area contributed by atoms with E-state index >= 15 is 0 Å². The van der Waals surface area contributed by atoms with E-state index in [2.05, 4.69) is 6.92 Å². The Morgan fingerprint density at radius 1 is 1.47 bits per heavy atom. The first-order chi connectivity index (χ1) is 6.67. The maximum atomic E-state index is 5.99. The summed E-state index contributed by atoms with van der Waals surface area (Å²) >= 11 is 5.99. The molecule has 1 aromatic carbocycles. The van der Waals surface area contributed by atoms with Crippen molar-refractivity contribution in [2.75, 3.05) is 7.11 Å². The van der Waals surface area contributed by atoms with E-state index in [1.54, 1.807) is 7.11 Å². The Kier molecular flexibility index (Phi) is 6.73.